The molecule has 0 saturated heterocycles. The zero-order valence-electron chi connectivity index (χ0n) is 9.19. The second-order valence-electron chi connectivity index (χ2n) is 3.64. The van der Waals surface area contributed by atoms with Crippen molar-refractivity contribution >= 4 is 0 Å². The molecule has 0 amide bonds. The summed E-state index contributed by atoms with van der Waals surface area (Å²) in [4.78, 5) is 0. The van der Waals surface area contributed by atoms with Crippen LogP contribution in [0.5, 0.6) is 0 Å². The molecule has 0 aromatic carbocycles. The third kappa shape index (κ3) is 1.80. The lowest BCUT2D eigenvalue weighted by Crippen LogP contribution is -2.17. The Balaban J connectivity index is 2.36. The molecule has 15 heavy (non-hydrogen) atoms. The number of aromatic nitrogens is 2. The van der Waals surface area contributed by atoms with Gasteiger partial charge in [0.15, 0.2) is 0 Å². The van der Waals surface area contributed by atoms with Crippen molar-refractivity contribution in [3.63, 3.8) is 0 Å². The summed E-state index contributed by atoms with van der Waals surface area (Å²) in [6.07, 6.45) is 5.55. The van der Waals surface area contributed by atoms with Crippen LogP contribution in [0.15, 0.2) is 29.1 Å². The number of rotatable bonds is 3. The van der Waals surface area contributed by atoms with Gasteiger partial charge < -0.3 is 9.73 Å². The first-order chi connectivity index (χ1) is 7.22. The lowest BCUT2D eigenvalue weighted by molar-refractivity contribution is 0.460. The van der Waals surface area contributed by atoms with Crippen LogP contribution in [0.1, 0.15) is 22.9 Å². The highest BCUT2D eigenvalue weighted by molar-refractivity contribution is 5.27. The van der Waals surface area contributed by atoms with Crippen molar-refractivity contribution in [3.05, 3.63) is 41.6 Å². The van der Waals surface area contributed by atoms with Gasteiger partial charge in [-0.15, -0.1) is 0 Å². The Morgan fingerprint density at radius 3 is 2.80 bits per heavy atom. The number of aryl methyl sites for hydroxylation is 2. The summed E-state index contributed by atoms with van der Waals surface area (Å²) in [5.74, 6) is 0.950. The lowest BCUT2D eigenvalue weighted by Gasteiger charge is -2.12. The molecule has 0 spiro atoms. The number of furan rings is 1. The summed E-state index contributed by atoms with van der Waals surface area (Å²) in [5.41, 5.74) is 2.26. The van der Waals surface area contributed by atoms with Crippen molar-refractivity contribution in [3.8, 4) is 0 Å². The first kappa shape index (κ1) is 9.98. The lowest BCUT2D eigenvalue weighted by atomic mass is 10.1. The molecule has 0 bridgehead atoms. The first-order valence-electron chi connectivity index (χ1n) is 4.92. The van der Waals surface area contributed by atoms with E-state index in [0.717, 1.165) is 16.9 Å². The van der Waals surface area contributed by atoms with Gasteiger partial charge in [-0.3, -0.25) is 4.68 Å². The molecule has 0 fully saturated rings. The second-order valence-corrected chi connectivity index (χ2v) is 3.64. The third-order valence-corrected chi connectivity index (χ3v) is 2.51. The van der Waals surface area contributed by atoms with E-state index < -0.39 is 0 Å². The molecule has 4 nitrogen and oxygen atoms in total. The fourth-order valence-electron chi connectivity index (χ4n) is 1.72. The van der Waals surface area contributed by atoms with Crippen molar-refractivity contribution in [2.45, 2.75) is 13.0 Å². The van der Waals surface area contributed by atoms with Gasteiger partial charge in [-0.2, -0.15) is 5.10 Å². The van der Waals surface area contributed by atoms with Crippen LogP contribution in [0.2, 0.25) is 0 Å². The van der Waals surface area contributed by atoms with Crippen molar-refractivity contribution in [2.24, 2.45) is 7.05 Å². The van der Waals surface area contributed by atoms with E-state index in [1.807, 2.05) is 39.5 Å². The van der Waals surface area contributed by atoms with Crippen molar-refractivity contribution in [1.82, 2.24) is 15.1 Å². The smallest absolute Gasteiger partial charge is 0.128 e. The Kier molecular flexibility index (Phi) is 2.60. The Morgan fingerprint density at radius 2 is 2.33 bits per heavy atom. The fraction of sp³-hybridized carbons (Fsp3) is 0.364. The molecular weight excluding hydrogens is 190 g/mol. The molecule has 0 radical (unpaired) electrons. The summed E-state index contributed by atoms with van der Waals surface area (Å²) >= 11 is 0. The average Bonchev–Trinajstić information content (AvgIpc) is 2.79. The highest BCUT2D eigenvalue weighted by Gasteiger charge is 2.18. The predicted molar refractivity (Wildman–Crippen MR) is 57.6 cm³/mol. The van der Waals surface area contributed by atoms with E-state index in [1.54, 1.807) is 10.9 Å². The first-order valence-corrected chi connectivity index (χ1v) is 4.92. The van der Waals surface area contributed by atoms with Crippen LogP contribution in [-0.2, 0) is 7.05 Å². The molecule has 0 aliphatic heterocycles. The van der Waals surface area contributed by atoms with E-state index in [1.165, 1.54) is 0 Å². The highest BCUT2D eigenvalue weighted by Crippen LogP contribution is 2.24. The van der Waals surface area contributed by atoms with Gasteiger partial charge in [0.1, 0.15) is 5.76 Å². The summed E-state index contributed by atoms with van der Waals surface area (Å²) < 4.78 is 7.27. The van der Waals surface area contributed by atoms with Crippen LogP contribution in [0.4, 0.5) is 0 Å². The van der Waals surface area contributed by atoms with E-state index in [4.69, 9.17) is 4.42 Å². The summed E-state index contributed by atoms with van der Waals surface area (Å²) in [6, 6.07) is 2.05. The Hall–Kier alpha value is -1.55. The molecule has 0 aliphatic rings. The van der Waals surface area contributed by atoms with Crippen molar-refractivity contribution in [1.29, 1.82) is 0 Å². The van der Waals surface area contributed by atoms with Crippen LogP contribution in [-0.4, -0.2) is 16.8 Å². The second kappa shape index (κ2) is 3.90. The topological polar surface area (TPSA) is 43.0 Å². The van der Waals surface area contributed by atoms with E-state index in [2.05, 4.69) is 10.4 Å². The fourth-order valence-corrected chi connectivity index (χ4v) is 1.72. The summed E-state index contributed by atoms with van der Waals surface area (Å²) in [5, 5.41) is 7.39. The molecule has 4 heteroatoms. The third-order valence-electron chi connectivity index (χ3n) is 2.51. The molecule has 80 valence electrons. The molecule has 1 unspecified atom stereocenters. The molecule has 1 N–H and O–H groups in total. The predicted octanol–water partition coefficient (Wildman–Crippen LogP) is 1.63. The molecule has 2 heterocycles. The zero-order valence-corrected chi connectivity index (χ0v) is 9.19. The van der Waals surface area contributed by atoms with Gasteiger partial charge in [-0.25, -0.2) is 0 Å². The normalized spacial score (nSPS) is 13.0. The Morgan fingerprint density at radius 1 is 1.53 bits per heavy atom. The maximum Gasteiger partial charge on any atom is 0.128 e. The van der Waals surface area contributed by atoms with Gasteiger partial charge in [-0.05, 0) is 25.6 Å². The SMILES string of the molecule is CNC(c1cnn(C)c1)c1occc1C. The van der Waals surface area contributed by atoms with E-state index in [9.17, 15) is 0 Å². The minimum Gasteiger partial charge on any atom is -0.467 e. The van der Waals surface area contributed by atoms with Gasteiger partial charge >= 0.3 is 0 Å². The van der Waals surface area contributed by atoms with Crippen LogP contribution >= 0.6 is 0 Å². The number of nitrogens with one attached hydrogen (secondary N) is 1. The Labute approximate surface area is 88.9 Å². The number of nitrogens with zero attached hydrogens (tertiary/aromatic N) is 2. The highest BCUT2D eigenvalue weighted by atomic mass is 16.3. The molecule has 0 saturated carbocycles. The molecule has 2 aromatic rings. The molecule has 1 atom stereocenters. The maximum absolute atomic E-state index is 5.48. The van der Waals surface area contributed by atoms with Crippen molar-refractivity contribution in [2.75, 3.05) is 7.05 Å². The van der Waals surface area contributed by atoms with Gasteiger partial charge in [0, 0.05) is 18.8 Å². The Bertz CT molecular complexity index is 444. The minimum atomic E-state index is 0.0775. The van der Waals surface area contributed by atoms with Gasteiger partial charge in [0.2, 0.25) is 0 Å². The standard InChI is InChI=1S/C11H15N3O/c1-8-4-5-15-11(8)10(12-2)9-6-13-14(3)7-9/h4-7,10,12H,1-3H3. The van der Waals surface area contributed by atoms with Gasteiger partial charge in [-0.1, -0.05) is 0 Å². The minimum absolute atomic E-state index is 0.0775. The molecule has 2 aromatic heterocycles. The summed E-state index contributed by atoms with van der Waals surface area (Å²) in [7, 11) is 3.82. The van der Waals surface area contributed by atoms with Gasteiger partial charge in [0.25, 0.3) is 0 Å². The largest absolute Gasteiger partial charge is 0.467 e. The summed E-state index contributed by atoms with van der Waals surface area (Å²) in [6.45, 7) is 2.04. The van der Waals surface area contributed by atoms with Gasteiger partial charge in [0.05, 0.1) is 18.5 Å². The number of hydrogen-bond donors (Lipinski definition) is 1. The van der Waals surface area contributed by atoms with Crippen LogP contribution in [0, 0.1) is 6.92 Å². The average molecular weight is 205 g/mol. The molecular formula is C11H15N3O. The quantitative estimate of drug-likeness (QED) is 0.828. The van der Waals surface area contributed by atoms with E-state index in [-0.39, 0.29) is 6.04 Å². The maximum atomic E-state index is 5.48. The van der Waals surface area contributed by atoms with Crippen LogP contribution in [0.3, 0.4) is 0 Å². The monoisotopic (exact) mass is 205 g/mol. The van der Waals surface area contributed by atoms with Crippen molar-refractivity contribution < 1.29 is 4.42 Å². The molecule has 0 aliphatic carbocycles. The van der Waals surface area contributed by atoms with Crippen LogP contribution in [0.25, 0.3) is 0 Å². The zero-order chi connectivity index (χ0) is 10.8. The number of hydrogen-bond acceptors (Lipinski definition) is 3. The van der Waals surface area contributed by atoms with E-state index in [0.29, 0.717) is 0 Å². The molecule has 2 rings (SSSR count). The van der Waals surface area contributed by atoms with Crippen LogP contribution < -0.4 is 5.32 Å². The van der Waals surface area contributed by atoms with E-state index >= 15 is 0 Å².